The molecule has 4 aliphatic rings. The van der Waals surface area contributed by atoms with Gasteiger partial charge in [-0.1, -0.05) is 39.3 Å². The van der Waals surface area contributed by atoms with Gasteiger partial charge in [0, 0.05) is 10.8 Å². The number of fused-ring (bicyclic) bond motifs is 5. The molecule has 0 radical (unpaired) electrons. The molecule has 5 heteroatoms. The first-order valence-electron chi connectivity index (χ1n) is 10.4. The van der Waals surface area contributed by atoms with Crippen LogP contribution in [0.5, 0.6) is 0 Å². The Morgan fingerprint density at radius 1 is 1.29 bits per heavy atom. The fourth-order valence-corrected chi connectivity index (χ4v) is 8.30. The molecule has 1 N–H and O–H groups in total. The lowest BCUT2D eigenvalue weighted by Gasteiger charge is -2.64. The van der Waals surface area contributed by atoms with Crippen LogP contribution in [0, 0.1) is 34.0 Å². The van der Waals surface area contributed by atoms with Crippen molar-refractivity contribution in [3.63, 3.8) is 0 Å². The summed E-state index contributed by atoms with van der Waals surface area (Å²) in [5.74, 6) is 0.585. The van der Waals surface area contributed by atoms with Gasteiger partial charge in [-0.15, -0.1) is 23.2 Å². The number of allylic oxidation sites excluding steroid dienone is 4. The van der Waals surface area contributed by atoms with Crippen molar-refractivity contribution < 1.29 is 14.7 Å². The molecule has 3 nitrogen and oxygen atoms in total. The number of aliphatic hydroxyl groups excluding tert-OH is 1. The van der Waals surface area contributed by atoms with Crippen LogP contribution in [0.2, 0.25) is 0 Å². The van der Waals surface area contributed by atoms with Crippen LogP contribution in [0.15, 0.2) is 23.8 Å². The Hall–Kier alpha value is -0.640. The molecule has 3 saturated carbocycles. The molecule has 0 aromatic carbocycles. The highest BCUT2D eigenvalue weighted by atomic mass is 35.5. The number of hydrogen-bond donors (Lipinski definition) is 1. The minimum Gasteiger partial charge on any atom is -0.391 e. The van der Waals surface area contributed by atoms with E-state index < -0.39 is 21.8 Å². The first-order valence-corrected chi connectivity index (χ1v) is 11.3. The van der Waals surface area contributed by atoms with Crippen LogP contribution in [0.4, 0.5) is 0 Å². The largest absolute Gasteiger partial charge is 0.391 e. The molecule has 4 rings (SSSR count). The van der Waals surface area contributed by atoms with E-state index in [4.69, 9.17) is 23.2 Å². The third-order valence-corrected chi connectivity index (χ3v) is 10.7. The number of aliphatic hydroxyl groups is 1. The Morgan fingerprint density at radius 3 is 2.61 bits per heavy atom. The zero-order valence-electron chi connectivity index (χ0n) is 17.1. The van der Waals surface area contributed by atoms with Gasteiger partial charge in [-0.2, -0.15) is 0 Å². The number of ketones is 2. The molecule has 0 aromatic heterocycles. The first kappa shape index (κ1) is 20.6. The van der Waals surface area contributed by atoms with E-state index in [1.807, 2.05) is 13.0 Å². The maximum Gasteiger partial charge on any atom is 0.178 e. The van der Waals surface area contributed by atoms with Gasteiger partial charge < -0.3 is 5.11 Å². The molecule has 0 aromatic rings. The molecule has 0 spiro atoms. The molecular weight excluding hydrogens is 395 g/mol. The second kappa shape index (κ2) is 6.18. The number of rotatable bonds is 2. The molecule has 0 unspecified atom stereocenters. The molecule has 4 aliphatic carbocycles. The normalized spacial score (nSPS) is 52.5. The van der Waals surface area contributed by atoms with Crippen LogP contribution in [-0.4, -0.2) is 33.5 Å². The SMILES string of the molecule is C[C@@H]1C[C@H]2[C@@H]3CCC4=CC(=O)C=C[C@]4(C)[C@@]3(Cl)[C@@H](O)C[C@]2(C)[C@@]1(C)C(=O)CCl. The second-order valence-electron chi connectivity index (χ2n) is 10.2. The zero-order valence-corrected chi connectivity index (χ0v) is 18.6. The van der Waals surface area contributed by atoms with E-state index in [0.29, 0.717) is 6.42 Å². The van der Waals surface area contributed by atoms with Crippen LogP contribution >= 0.6 is 23.2 Å². The van der Waals surface area contributed by atoms with Crippen LogP contribution in [-0.2, 0) is 9.59 Å². The van der Waals surface area contributed by atoms with Gasteiger partial charge in [0.25, 0.3) is 0 Å². The van der Waals surface area contributed by atoms with Crippen LogP contribution in [0.25, 0.3) is 0 Å². The standard InChI is InChI=1S/C23H30Cl2O3/c1-13-9-17-16-6-5-14-10-15(26)7-8-20(14,2)23(16,25)18(27)11-21(17,3)22(13,4)19(28)12-24/h7-8,10,13,16-18,27H,5-6,9,11-12H2,1-4H3/t13-,16+,17+,18+,20+,21+,22-,23+/m1/s1. The maximum absolute atomic E-state index is 13.0. The Bertz CT molecular complexity index is 804. The van der Waals surface area contributed by atoms with Gasteiger partial charge in [0.1, 0.15) is 0 Å². The number of Topliss-reactive ketones (excluding diaryl/α,β-unsaturated/α-hetero) is 1. The van der Waals surface area contributed by atoms with Crippen LogP contribution < -0.4 is 0 Å². The number of carbonyl (C=O) groups is 2. The van der Waals surface area contributed by atoms with Gasteiger partial charge >= 0.3 is 0 Å². The van der Waals surface area contributed by atoms with E-state index in [-0.39, 0.29) is 40.6 Å². The average Bonchev–Trinajstić information content (AvgIpc) is 2.84. The van der Waals surface area contributed by atoms with Crippen molar-refractivity contribution in [2.24, 2.45) is 34.0 Å². The monoisotopic (exact) mass is 424 g/mol. The lowest BCUT2D eigenvalue weighted by Crippen LogP contribution is -2.67. The zero-order chi connectivity index (χ0) is 20.7. The van der Waals surface area contributed by atoms with E-state index in [2.05, 4.69) is 20.8 Å². The second-order valence-corrected chi connectivity index (χ2v) is 11.1. The number of hydrogen-bond acceptors (Lipinski definition) is 3. The summed E-state index contributed by atoms with van der Waals surface area (Å²) in [5, 5.41) is 11.5. The highest BCUT2D eigenvalue weighted by molar-refractivity contribution is 6.28. The summed E-state index contributed by atoms with van der Waals surface area (Å²) < 4.78 is 0. The van der Waals surface area contributed by atoms with Gasteiger partial charge in [-0.3, -0.25) is 9.59 Å². The fourth-order valence-electron chi connectivity index (χ4n) is 7.50. The Balaban J connectivity index is 1.84. The van der Waals surface area contributed by atoms with E-state index in [9.17, 15) is 14.7 Å². The number of carbonyl (C=O) groups excluding carboxylic acids is 2. The fraction of sp³-hybridized carbons (Fsp3) is 0.739. The van der Waals surface area contributed by atoms with Gasteiger partial charge in [-0.05, 0) is 61.0 Å². The molecule has 0 bridgehead atoms. The topological polar surface area (TPSA) is 54.4 Å². The maximum atomic E-state index is 13.0. The molecule has 28 heavy (non-hydrogen) atoms. The molecule has 154 valence electrons. The third kappa shape index (κ3) is 2.17. The quantitative estimate of drug-likeness (QED) is 0.654. The highest BCUT2D eigenvalue weighted by Gasteiger charge is 2.73. The van der Waals surface area contributed by atoms with E-state index in [1.165, 1.54) is 0 Å². The van der Waals surface area contributed by atoms with Gasteiger partial charge in [-0.25, -0.2) is 0 Å². The molecule has 3 fully saturated rings. The van der Waals surface area contributed by atoms with E-state index in [0.717, 1.165) is 24.8 Å². The summed E-state index contributed by atoms with van der Waals surface area (Å²) in [6, 6.07) is 0. The minimum absolute atomic E-state index is 0.00361. The van der Waals surface area contributed by atoms with E-state index >= 15 is 0 Å². The summed E-state index contributed by atoms with van der Waals surface area (Å²) in [6.45, 7) is 8.42. The van der Waals surface area contributed by atoms with Crippen molar-refractivity contribution in [3.8, 4) is 0 Å². The molecule has 0 aliphatic heterocycles. The smallest absolute Gasteiger partial charge is 0.178 e. The molecular formula is C23H30Cl2O3. The van der Waals surface area contributed by atoms with Crippen molar-refractivity contribution in [1.29, 1.82) is 0 Å². The van der Waals surface area contributed by atoms with Crippen molar-refractivity contribution in [2.75, 3.05) is 5.88 Å². The predicted molar refractivity (Wildman–Crippen MR) is 111 cm³/mol. The van der Waals surface area contributed by atoms with Gasteiger partial charge in [0.2, 0.25) is 0 Å². The van der Waals surface area contributed by atoms with E-state index in [1.54, 1.807) is 12.2 Å². The predicted octanol–water partition coefficient (Wildman–Crippen LogP) is 4.69. The van der Waals surface area contributed by atoms with Crippen LogP contribution in [0.3, 0.4) is 0 Å². The summed E-state index contributed by atoms with van der Waals surface area (Å²) in [7, 11) is 0. The number of alkyl halides is 2. The van der Waals surface area contributed by atoms with Gasteiger partial charge in [0.15, 0.2) is 11.6 Å². The van der Waals surface area contributed by atoms with Crippen molar-refractivity contribution >= 4 is 34.8 Å². The molecule has 0 heterocycles. The van der Waals surface area contributed by atoms with Crippen molar-refractivity contribution in [2.45, 2.75) is 64.4 Å². The molecule has 0 saturated heterocycles. The van der Waals surface area contributed by atoms with Gasteiger partial charge in [0.05, 0.1) is 16.9 Å². The molecule has 8 atom stereocenters. The summed E-state index contributed by atoms with van der Waals surface area (Å²) in [5.41, 5.74) is -0.426. The minimum atomic E-state index is -0.868. The Morgan fingerprint density at radius 2 is 1.96 bits per heavy atom. The third-order valence-electron chi connectivity index (χ3n) is 9.51. The van der Waals surface area contributed by atoms with Crippen LogP contribution in [0.1, 0.15) is 53.4 Å². The lowest BCUT2D eigenvalue weighted by atomic mass is 9.44. The Labute approximate surface area is 177 Å². The van der Waals surface area contributed by atoms with Crippen molar-refractivity contribution in [3.05, 3.63) is 23.8 Å². The Kier molecular flexibility index (Phi) is 4.56. The average molecular weight is 425 g/mol. The summed E-state index contributed by atoms with van der Waals surface area (Å²) >= 11 is 13.4. The first-order chi connectivity index (χ1) is 13.0. The number of halogens is 2. The molecule has 0 amide bonds. The summed E-state index contributed by atoms with van der Waals surface area (Å²) in [4.78, 5) is 24.1. The highest BCUT2D eigenvalue weighted by Crippen LogP contribution is 2.73. The lowest BCUT2D eigenvalue weighted by molar-refractivity contribution is -0.149. The van der Waals surface area contributed by atoms with Crippen molar-refractivity contribution in [1.82, 2.24) is 0 Å². The summed E-state index contributed by atoms with van der Waals surface area (Å²) in [6.07, 6.45) is 7.48.